The first-order valence-corrected chi connectivity index (χ1v) is 6.76. The molecular formula is C12H15N5OS. The summed E-state index contributed by atoms with van der Waals surface area (Å²) in [7, 11) is 0. The fourth-order valence-corrected chi connectivity index (χ4v) is 2.36. The molecular weight excluding hydrogens is 262 g/mol. The third-order valence-corrected chi connectivity index (χ3v) is 3.04. The van der Waals surface area contributed by atoms with Crippen molar-refractivity contribution in [1.82, 2.24) is 15.2 Å². The molecule has 0 fully saturated rings. The number of amides is 2. The molecule has 7 heteroatoms. The molecule has 2 N–H and O–H groups in total. The molecule has 0 atom stereocenters. The first kappa shape index (κ1) is 13.4. The largest absolute Gasteiger partial charge is 0.326 e. The van der Waals surface area contributed by atoms with Crippen LogP contribution in [0.5, 0.6) is 0 Å². The molecule has 2 rings (SSSR count). The summed E-state index contributed by atoms with van der Waals surface area (Å²) in [4.78, 5) is 15.7. The van der Waals surface area contributed by atoms with Gasteiger partial charge in [0.15, 0.2) is 0 Å². The lowest BCUT2D eigenvalue weighted by atomic mass is 10.1. The molecule has 2 aromatic heterocycles. The third-order valence-electron chi connectivity index (χ3n) is 2.18. The van der Waals surface area contributed by atoms with E-state index >= 15 is 0 Å². The Morgan fingerprint density at radius 1 is 1.32 bits per heavy atom. The van der Waals surface area contributed by atoms with Crippen LogP contribution in [0.1, 0.15) is 18.9 Å². The SMILES string of the molecule is CC(C)Cc1nnc(NC(=O)Nc2ccccn2)s1. The smallest absolute Gasteiger partial charge is 0.292 e. The number of urea groups is 1. The van der Waals surface area contributed by atoms with Gasteiger partial charge in [0.05, 0.1) is 0 Å². The lowest BCUT2D eigenvalue weighted by molar-refractivity contribution is 0.262. The summed E-state index contributed by atoms with van der Waals surface area (Å²) in [6, 6.07) is 4.93. The summed E-state index contributed by atoms with van der Waals surface area (Å²) in [5.41, 5.74) is 0. The van der Waals surface area contributed by atoms with Crippen LogP contribution in [-0.4, -0.2) is 21.2 Å². The van der Waals surface area contributed by atoms with E-state index in [2.05, 4.69) is 39.7 Å². The first-order valence-electron chi connectivity index (χ1n) is 5.95. The van der Waals surface area contributed by atoms with Gasteiger partial charge in [-0.2, -0.15) is 0 Å². The minimum Gasteiger partial charge on any atom is -0.292 e. The topological polar surface area (TPSA) is 79.8 Å². The molecule has 2 heterocycles. The van der Waals surface area contributed by atoms with Crippen LogP contribution < -0.4 is 10.6 Å². The molecule has 6 nitrogen and oxygen atoms in total. The van der Waals surface area contributed by atoms with Crippen LogP contribution in [0.3, 0.4) is 0 Å². The Hall–Kier alpha value is -2.02. The number of carbonyl (C=O) groups excluding carboxylic acids is 1. The third kappa shape index (κ3) is 4.29. The molecule has 19 heavy (non-hydrogen) atoms. The van der Waals surface area contributed by atoms with E-state index in [-0.39, 0.29) is 6.03 Å². The van der Waals surface area contributed by atoms with E-state index in [0.29, 0.717) is 16.9 Å². The van der Waals surface area contributed by atoms with Crippen molar-refractivity contribution in [1.29, 1.82) is 0 Å². The monoisotopic (exact) mass is 277 g/mol. The van der Waals surface area contributed by atoms with E-state index in [1.807, 2.05) is 0 Å². The highest BCUT2D eigenvalue weighted by Gasteiger charge is 2.09. The molecule has 0 aliphatic rings. The molecule has 0 unspecified atom stereocenters. The van der Waals surface area contributed by atoms with Crippen LogP contribution in [0.4, 0.5) is 15.7 Å². The predicted molar refractivity (Wildman–Crippen MR) is 75.3 cm³/mol. The second kappa shape index (κ2) is 6.24. The second-order valence-electron chi connectivity index (χ2n) is 4.39. The molecule has 0 spiro atoms. The highest BCUT2D eigenvalue weighted by Crippen LogP contribution is 2.18. The highest BCUT2D eigenvalue weighted by molar-refractivity contribution is 7.15. The lowest BCUT2D eigenvalue weighted by Gasteiger charge is -2.03. The number of pyridine rings is 1. The molecule has 0 aliphatic carbocycles. The Morgan fingerprint density at radius 2 is 2.16 bits per heavy atom. The fraction of sp³-hybridized carbons (Fsp3) is 0.333. The average Bonchev–Trinajstić information content (AvgIpc) is 2.76. The number of carbonyl (C=O) groups is 1. The van der Waals surface area contributed by atoms with E-state index in [1.54, 1.807) is 24.4 Å². The molecule has 0 aromatic carbocycles. The van der Waals surface area contributed by atoms with Crippen LogP contribution in [0, 0.1) is 5.92 Å². The summed E-state index contributed by atoms with van der Waals surface area (Å²) >= 11 is 1.39. The van der Waals surface area contributed by atoms with Crippen LogP contribution >= 0.6 is 11.3 Å². The Labute approximate surface area is 115 Å². The van der Waals surface area contributed by atoms with E-state index in [4.69, 9.17) is 0 Å². The summed E-state index contributed by atoms with van der Waals surface area (Å²) in [6.07, 6.45) is 2.47. The Balaban J connectivity index is 1.90. The van der Waals surface area contributed by atoms with Crippen molar-refractivity contribution < 1.29 is 4.79 Å². The second-order valence-corrected chi connectivity index (χ2v) is 5.46. The van der Waals surface area contributed by atoms with Crippen molar-refractivity contribution in [2.24, 2.45) is 5.92 Å². The van der Waals surface area contributed by atoms with Gasteiger partial charge in [-0.15, -0.1) is 10.2 Å². The van der Waals surface area contributed by atoms with E-state index in [0.717, 1.165) is 11.4 Å². The van der Waals surface area contributed by atoms with Crippen molar-refractivity contribution in [3.8, 4) is 0 Å². The zero-order chi connectivity index (χ0) is 13.7. The fourth-order valence-electron chi connectivity index (χ4n) is 1.42. The first-order chi connectivity index (χ1) is 9.13. The van der Waals surface area contributed by atoms with Gasteiger partial charge in [0.25, 0.3) is 0 Å². The molecule has 100 valence electrons. The van der Waals surface area contributed by atoms with Crippen LogP contribution in [0.15, 0.2) is 24.4 Å². The quantitative estimate of drug-likeness (QED) is 0.900. The number of aromatic nitrogens is 3. The highest BCUT2D eigenvalue weighted by atomic mass is 32.1. The van der Waals surface area contributed by atoms with Gasteiger partial charge < -0.3 is 0 Å². The molecule has 0 bridgehead atoms. The summed E-state index contributed by atoms with van der Waals surface area (Å²) < 4.78 is 0. The van der Waals surface area contributed by atoms with E-state index in [1.165, 1.54) is 11.3 Å². The van der Waals surface area contributed by atoms with Crippen LogP contribution in [0.25, 0.3) is 0 Å². The van der Waals surface area contributed by atoms with Crippen molar-refractivity contribution in [2.75, 3.05) is 10.6 Å². The van der Waals surface area contributed by atoms with Crippen molar-refractivity contribution in [3.05, 3.63) is 29.4 Å². The number of rotatable bonds is 4. The predicted octanol–water partition coefficient (Wildman–Crippen LogP) is 2.78. The van der Waals surface area contributed by atoms with Gasteiger partial charge in [0.2, 0.25) is 5.13 Å². The van der Waals surface area contributed by atoms with Gasteiger partial charge >= 0.3 is 6.03 Å². The van der Waals surface area contributed by atoms with Crippen LogP contribution in [-0.2, 0) is 6.42 Å². The molecule has 0 saturated heterocycles. The van der Waals surface area contributed by atoms with Gasteiger partial charge in [-0.3, -0.25) is 10.6 Å². The number of nitrogens with zero attached hydrogens (tertiary/aromatic N) is 3. The molecule has 0 aliphatic heterocycles. The van der Waals surface area contributed by atoms with E-state index < -0.39 is 0 Å². The van der Waals surface area contributed by atoms with Gasteiger partial charge in [0, 0.05) is 12.6 Å². The van der Waals surface area contributed by atoms with Gasteiger partial charge in [-0.05, 0) is 18.1 Å². The minimum absolute atomic E-state index is 0.369. The zero-order valence-corrected chi connectivity index (χ0v) is 11.6. The number of hydrogen-bond acceptors (Lipinski definition) is 5. The summed E-state index contributed by atoms with van der Waals surface area (Å²) in [5, 5.41) is 14.6. The Morgan fingerprint density at radius 3 is 2.84 bits per heavy atom. The normalized spacial score (nSPS) is 10.5. The zero-order valence-electron chi connectivity index (χ0n) is 10.8. The number of nitrogens with one attached hydrogen (secondary N) is 2. The number of anilines is 2. The Bertz CT molecular complexity index is 540. The maximum atomic E-state index is 11.7. The molecule has 0 saturated carbocycles. The Kier molecular flexibility index (Phi) is 4.40. The molecule has 2 amide bonds. The van der Waals surface area contributed by atoms with Gasteiger partial charge in [-0.1, -0.05) is 31.3 Å². The van der Waals surface area contributed by atoms with Crippen molar-refractivity contribution >= 4 is 28.3 Å². The maximum Gasteiger partial charge on any atom is 0.326 e. The van der Waals surface area contributed by atoms with Gasteiger partial charge in [0.1, 0.15) is 10.8 Å². The summed E-state index contributed by atoms with van der Waals surface area (Å²) in [5.74, 6) is 1.01. The minimum atomic E-state index is -0.369. The van der Waals surface area contributed by atoms with Crippen molar-refractivity contribution in [2.45, 2.75) is 20.3 Å². The van der Waals surface area contributed by atoms with Crippen LogP contribution in [0.2, 0.25) is 0 Å². The standard InChI is InChI=1S/C12H15N5OS/c1-8(2)7-10-16-17-12(19-10)15-11(18)14-9-5-3-4-6-13-9/h3-6,8H,7H2,1-2H3,(H2,13,14,15,17,18). The van der Waals surface area contributed by atoms with E-state index in [9.17, 15) is 4.79 Å². The van der Waals surface area contributed by atoms with Crippen molar-refractivity contribution in [3.63, 3.8) is 0 Å². The number of hydrogen-bond donors (Lipinski definition) is 2. The summed E-state index contributed by atoms with van der Waals surface area (Å²) in [6.45, 7) is 4.23. The maximum absolute atomic E-state index is 11.7. The van der Waals surface area contributed by atoms with Gasteiger partial charge in [-0.25, -0.2) is 9.78 Å². The molecule has 0 radical (unpaired) electrons. The average molecular weight is 277 g/mol. The lowest BCUT2D eigenvalue weighted by Crippen LogP contribution is -2.19. The molecule has 2 aromatic rings.